The zero-order valence-electron chi connectivity index (χ0n) is 13.5. The van der Waals surface area contributed by atoms with Gasteiger partial charge in [-0.25, -0.2) is 9.78 Å². The van der Waals surface area contributed by atoms with Gasteiger partial charge in [-0.15, -0.1) is 0 Å². The molecule has 0 atom stereocenters. The summed E-state index contributed by atoms with van der Waals surface area (Å²) in [7, 11) is 1.38. The van der Waals surface area contributed by atoms with Crippen LogP contribution < -0.4 is 4.74 Å². The van der Waals surface area contributed by atoms with Gasteiger partial charge in [-0.2, -0.15) is 11.3 Å². The van der Waals surface area contributed by atoms with Crippen molar-refractivity contribution >= 4 is 33.9 Å². The van der Waals surface area contributed by atoms with Gasteiger partial charge in [0.15, 0.2) is 0 Å². The van der Waals surface area contributed by atoms with E-state index < -0.39 is 10.9 Å². The fourth-order valence-electron chi connectivity index (χ4n) is 2.50. The molecule has 0 aliphatic carbocycles. The second-order valence-corrected chi connectivity index (χ2v) is 5.88. The van der Waals surface area contributed by atoms with Crippen molar-refractivity contribution in [2.75, 3.05) is 13.7 Å². The molecule has 3 rings (SSSR count). The maximum Gasteiger partial charge on any atom is 0.343 e. The Hall–Kier alpha value is -3.00. The number of pyridine rings is 1. The quantitative estimate of drug-likeness (QED) is 0.388. The summed E-state index contributed by atoms with van der Waals surface area (Å²) in [6, 6.07) is 6.44. The number of rotatable bonds is 5. The number of nitro groups is 1. The molecule has 3 aromatic rings. The number of esters is 1. The molecule has 1 aromatic carbocycles. The van der Waals surface area contributed by atoms with E-state index in [2.05, 4.69) is 4.98 Å². The summed E-state index contributed by atoms with van der Waals surface area (Å²) in [5.74, 6) is -0.479. The molecule has 2 aromatic heterocycles. The smallest absolute Gasteiger partial charge is 0.343 e. The Morgan fingerprint density at radius 1 is 1.36 bits per heavy atom. The minimum Gasteiger partial charge on any atom is -0.480 e. The van der Waals surface area contributed by atoms with Crippen LogP contribution >= 0.6 is 11.3 Å². The molecule has 0 N–H and O–H groups in total. The molecule has 0 aliphatic heterocycles. The molecule has 0 fully saturated rings. The van der Waals surface area contributed by atoms with Gasteiger partial charge in [0.25, 0.3) is 5.69 Å². The molecule has 0 bridgehead atoms. The lowest BCUT2D eigenvalue weighted by molar-refractivity contribution is -0.384. The van der Waals surface area contributed by atoms with Gasteiger partial charge in [0.1, 0.15) is 5.56 Å². The molecule has 128 valence electrons. The number of hydrogen-bond acceptors (Lipinski definition) is 7. The predicted octanol–water partition coefficient (Wildman–Crippen LogP) is 4.06. The van der Waals surface area contributed by atoms with Gasteiger partial charge in [0.2, 0.25) is 5.88 Å². The van der Waals surface area contributed by atoms with Crippen molar-refractivity contribution in [2.45, 2.75) is 6.92 Å². The zero-order chi connectivity index (χ0) is 18.0. The van der Waals surface area contributed by atoms with E-state index in [1.54, 1.807) is 19.1 Å². The molecule has 0 aliphatic rings. The van der Waals surface area contributed by atoms with Gasteiger partial charge in [-0.3, -0.25) is 10.1 Å². The van der Waals surface area contributed by atoms with Crippen molar-refractivity contribution in [1.29, 1.82) is 0 Å². The molecule has 0 saturated heterocycles. The number of thiophene rings is 1. The minimum absolute atomic E-state index is 0.0515. The molecular formula is C17H14N2O5S. The Bertz CT molecular complexity index is 953. The summed E-state index contributed by atoms with van der Waals surface area (Å²) in [5, 5.41) is 15.7. The number of hydrogen-bond donors (Lipinski definition) is 0. The van der Waals surface area contributed by atoms with Crippen LogP contribution in [0.4, 0.5) is 5.69 Å². The van der Waals surface area contributed by atoms with E-state index in [0.717, 1.165) is 5.56 Å². The van der Waals surface area contributed by atoms with Crippen LogP contribution in [0.5, 0.6) is 5.88 Å². The van der Waals surface area contributed by atoms with Crippen LogP contribution in [-0.4, -0.2) is 29.6 Å². The van der Waals surface area contributed by atoms with Crippen LogP contribution in [0.25, 0.3) is 22.0 Å². The van der Waals surface area contributed by atoms with E-state index in [4.69, 9.17) is 9.47 Å². The first kappa shape index (κ1) is 16.8. The van der Waals surface area contributed by atoms with E-state index >= 15 is 0 Å². The van der Waals surface area contributed by atoms with E-state index in [0.29, 0.717) is 16.5 Å². The molecule has 2 heterocycles. The number of carbonyl (C=O) groups excluding carboxylic acids is 1. The van der Waals surface area contributed by atoms with Gasteiger partial charge < -0.3 is 9.47 Å². The van der Waals surface area contributed by atoms with E-state index in [1.807, 2.05) is 16.8 Å². The fourth-order valence-corrected chi connectivity index (χ4v) is 3.16. The Balaban J connectivity index is 2.26. The van der Waals surface area contributed by atoms with Crippen molar-refractivity contribution in [3.8, 4) is 17.0 Å². The number of ether oxygens (including phenoxy) is 2. The average Bonchev–Trinajstić information content (AvgIpc) is 3.14. The third-order valence-corrected chi connectivity index (χ3v) is 4.30. The van der Waals surface area contributed by atoms with Crippen LogP contribution in [0.15, 0.2) is 35.0 Å². The Morgan fingerprint density at radius 2 is 2.16 bits per heavy atom. The third-order valence-electron chi connectivity index (χ3n) is 3.61. The molecule has 0 amide bonds. The highest BCUT2D eigenvalue weighted by Gasteiger charge is 2.21. The first-order valence-corrected chi connectivity index (χ1v) is 8.36. The van der Waals surface area contributed by atoms with Crippen molar-refractivity contribution in [3.63, 3.8) is 0 Å². The van der Waals surface area contributed by atoms with Gasteiger partial charge in [0.05, 0.1) is 29.7 Å². The van der Waals surface area contributed by atoms with Crippen molar-refractivity contribution in [1.82, 2.24) is 4.98 Å². The number of fused-ring (bicyclic) bond motifs is 1. The van der Waals surface area contributed by atoms with Gasteiger partial charge in [-0.05, 0) is 41.4 Å². The maximum absolute atomic E-state index is 12.1. The normalized spacial score (nSPS) is 10.6. The van der Waals surface area contributed by atoms with Crippen LogP contribution in [-0.2, 0) is 4.74 Å². The van der Waals surface area contributed by atoms with Crippen LogP contribution in [0.3, 0.4) is 0 Å². The first-order chi connectivity index (χ1) is 12.0. The molecule has 0 saturated carbocycles. The van der Waals surface area contributed by atoms with Crippen LogP contribution in [0.2, 0.25) is 0 Å². The minimum atomic E-state index is -0.552. The van der Waals surface area contributed by atoms with Crippen LogP contribution in [0.1, 0.15) is 17.3 Å². The highest BCUT2D eigenvalue weighted by molar-refractivity contribution is 7.08. The van der Waals surface area contributed by atoms with E-state index in [-0.39, 0.29) is 23.7 Å². The Morgan fingerprint density at radius 3 is 2.76 bits per heavy atom. The standard InChI is InChI=1S/C17H14N2O5S/c1-3-24-17(20)13-7-11-6-12(10-4-5-25-9-10)15(19(21)22)8-14(11)18-16(13)23-2/h4-9H,3H2,1-2H3. The Labute approximate surface area is 147 Å². The predicted molar refractivity (Wildman–Crippen MR) is 94.2 cm³/mol. The van der Waals surface area contributed by atoms with E-state index in [1.165, 1.54) is 24.5 Å². The number of methoxy groups -OCH3 is 1. The second-order valence-electron chi connectivity index (χ2n) is 5.10. The summed E-state index contributed by atoms with van der Waals surface area (Å²) >= 11 is 1.45. The fraction of sp³-hybridized carbons (Fsp3) is 0.176. The first-order valence-electron chi connectivity index (χ1n) is 7.42. The number of nitrogens with zero attached hydrogens (tertiary/aromatic N) is 2. The number of nitro benzene ring substituents is 1. The van der Waals surface area contributed by atoms with Gasteiger partial charge in [0, 0.05) is 11.5 Å². The summed E-state index contributed by atoms with van der Waals surface area (Å²) in [4.78, 5) is 27.4. The monoisotopic (exact) mass is 358 g/mol. The van der Waals surface area contributed by atoms with Crippen molar-refractivity contribution in [3.05, 3.63) is 50.7 Å². The summed E-state index contributed by atoms with van der Waals surface area (Å²) < 4.78 is 10.2. The maximum atomic E-state index is 12.1. The molecule has 0 spiro atoms. The average molecular weight is 358 g/mol. The van der Waals surface area contributed by atoms with Gasteiger partial charge >= 0.3 is 5.97 Å². The topological polar surface area (TPSA) is 91.6 Å². The number of benzene rings is 1. The highest BCUT2D eigenvalue weighted by atomic mass is 32.1. The molecule has 8 heteroatoms. The van der Waals surface area contributed by atoms with Crippen molar-refractivity contribution in [2.24, 2.45) is 0 Å². The molecular weight excluding hydrogens is 344 g/mol. The summed E-state index contributed by atoms with van der Waals surface area (Å²) in [6.07, 6.45) is 0. The molecule has 0 unspecified atom stereocenters. The molecule has 0 radical (unpaired) electrons. The van der Waals surface area contributed by atoms with Crippen molar-refractivity contribution < 1.29 is 19.2 Å². The number of aromatic nitrogens is 1. The molecule has 7 nitrogen and oxygen atoms in total. The molecule has 25 heavy (non-hydrogen) atoms. The van der Waals surface area contributed by atoms with Crippen LogP contribution in [0, 0.1) is 10.1 Å². The zero-order valence-corrected chi connectivity index (χ0v) is 14.3. The second kappa shape index (κ2) is 6.86. The summed E-state index contributed by atoms with van der Waals surface area (Å²) in [6.45, 7) is 1.93. The lowest BCUT2D eigenvalue weighted by Crippen LogP contribution is -2.08. The largest absolute Gasteiger partial charge is 0.480 e. The summed E-state index contributed by atoms with van der Waals surface area (Å²) in [5.41, 5.74) is 1.72. The highest BCUT2D eigenvalue weighted by Crippen LogP contribution is 2.36. The Kier molecular flexibility index (Phi) is 4.62. The van der Waals surface area contributed by atoms with E-state index in [9.17, 15) is 14.9 Å². The SMILES string of the molecule is CCOC(=O)c1cc2cc(-c3ccsc3)c([N+](=O)[O-])cc2nc1OC. The third kappa shape index (κ3) is 3.16. The lowest BCUT2D eigenvalue weighted by atomic mass is 10.0. The van der Waals surface area contributed by atoms with Gasteiger partial charge in [-0.1, -0.05) is 0 Å². The lowest BCUT2D eigenvalue weighted by Gasteiger charge is -2.10. The number of carbonyl (C=O) groups is 1.